The molecule has 59 heavy (non-hydrogen) atoms. The highest BCUT2D eigenvalue weighted by atomic mass is 16.3. The van der Waals surface area contributed by atoms with E-state index >= 15 is 0 Å². The summed E-state index contributed by atoms with van der Waals surface area (Å²) in [6.45, 7) is 0. The summed E-state index contributed by atoms with van der Waals surface area (Å²) in [5.41, 5.74) is 14.8. The Labute approximate surface area is 339 Å². The topological polar surface area (TPSA) is 43.9 Å². The van der Waals surface area contributed by atoms with E-state index in [9.17, 15) is 0 Å². The van der Waals surface area contributed by atoms with Crippen LogP contribution in [0, 0.1) is 0 Å². The van der Waals surface area contributed by atoms with Gasteiger partial charge in [0.15, 0.2) is 5.82 Å². The predicted octanol–water partition coefficient (Wildman–Crippen LogP) is 14.4. The van der Waals surface area contributed by atoms with E-state index in [2.05, 4.69) is 174 Å². The van der Waals surface area contributed by atoms with E-state index < -0.39 is 0 Å². The Morgan fingerprint density at radius 1 is 0.424 bits per heavy atom. The first-order valence-corrected chi connectivity index (χ1v) is 20.2. The molecular formula is C55H33N3O. The van der Waals surface area contributed by atoms with Gasteiger partial charge in [0.25, 0.3) is 0 Å². The Bertz CT molecular complexity index is 3710. The molecule has 13 rings (SSSR count). The van der Waals surface area contributed by atoms with Crippen molar-refractivity contribution in [3.8, 4) is 50.7 Å². The summed E-state index contributed by atoms with van der Waals surface area (Å²) in [6, 6.07) is 67.7. The van der Waals surface area contributed by atoms with Crippen LogP contribution >= 0.6 is 0 Å². The van der Waals surface area contributed by atoms with Crippen LogP contribution in [-0.2, 0) is 6.42 Å². The molecule has 3 aromatic heterocycles. The van der Waals surface area contributed by atoms with E-state index in [4.69, 9.17) is 14.4 Å². The molecule has 0 fully saturated rings. The normalized spacial score (nSPS) is 12.3. The maximum atomic E-state index is 6.42. The van der Waals surface area contributed by atoms with E-state index in [1.165, 1.54) is 54.5 Å². The van der Waals surface area contributed by atoms with Gasteiger partial charge in [0, 0.05) is 55.6 Å². The second kappa shape index (κ2) is 12.3. The fraction of sp³-hybridized carbons (Fsp3) is 0.0182. The molecule has 0 radical (unpaired) electrons. The summed E-state index contributed by atoms with van der Waals surface area (Å²) >= 11 is 0. The maximum absolute atomic E-state index is 6.42. The third-order valence-corrected chi connectivity index (χ3v) is 12.4. The van der Waals surface area contributed by atoms with Crippen LogP contribution < -0.4 is 0 Å². The van der Waals surface area contributed by atoms with Crippen LogP contribution in [0.5, 0.6) is 0 Å². The van der Waals surface area contributed by atoms with E-state index in [1.807, 2.05) is 18.2 Å². The third-order valence-electron chi connectivity index (χ3n) is 12.4. The standard InChI is InChI=1S/C55H33N3O/c1-2-11-34(12-3-1)38-25-28-47-45(32-38)41-26-21-33-29-46-52(39-23-22-35-13-4-5-15-37(35)31-39)56-55(43-18-10-20-50-51(43)42-17-8-9-19-49(42)59-50)57-53(46)44-27-24-36-14-6-7-16-40(36)54(44)58(47)48(41)30-33/h1-28,30-32H,29H2. The van der Waals surface area contributed by atoms with Gasteiger partial charge in [-0.2, -0.15) is 0 Å². The Kier molecular flexibility index (Phi) is 6.75. The Balaban J connectivity index is 1.17. The molecule has 4 nitrogen and oxygen atoms in total. The smallest absolute Gasteiger partial charge is 0.161 e. The zero-order chi connectivity index (χ0) is 38.6. The molecule has 0 spiro atoms. The molecule has 9 aromatic carbocycles. The molecule has 0 N–H and O–H groups in total. The van der Waals surface area contributed by atoms with Gasteiger partial charge in [-0.15, -0.1) is 0 Å². The Hall–Kier alpha value is -7.82. The van der Waals surface area contributed by atoms with Crippen LogP contribution in [0.4, 0.5) is 0 Å². The van der Waals surface area contributed by atoms with Gasteiger partial charge in [0.1, 0.15) is 11.2 Å². The zero-order valence-corrected chi connectivity index (χ0v) is 31.9. The third kappa shape index (κ3) is 4.84. The lowest BCUT2D eigenvalue weighted by atomic mass is 9.91. The highest BCUT2D eigenvalue weighted by Crippen LogP contribution is 2.46. The molecule has 2 bridgehead atoms. The summed E-state index contributed by atoms with van der Waals surface area (Å²) in [4.78, 5) is 11.3. The fourth-order valence-corrected chi connectivity index (χ4v) is 9.65. The number of rotatable bonds is 3. The number of hydrogen-bond donors (Lipinski definition) is 0. The van der Waals surface area contributed by atoms with E-state index in [0.717, 1.165) is 66.8 Å². The summed E-state index contributed by atoms with van der Waals surface area (Å²) in [7, 11) is 0. The van der Waals surface area contributed by atoms with Crippen molar-refractivity contribution >= 4 is 65.3 Å². The molecule has 1 aliphatic heterocycles. The summed E-state index contributed by atoms with van der Waals surface area (Å²) in [6.07, 6.45) is 0.662. The average molecular weight is 752 g/mol. The summed E-state index contributed by atoms with van der Waals surface area (Å²) < 4.78 is 8.91. The second-order valence-electron chi connectivity index (χ2n) is 15.7. The molecule has 1 aliphatic rings. The van der Waals surface area contributed by atoms with Crippen molar-refractivity contribution in [1.82, 2.24) is 14.5 Å². The van der Waals surface area contributed by atoms with E-state index in [1.54, 1.807) is 0 Å². The van der Waals surface area contributed by atoms with Gasteiger partial charge >= 0.3 is 0 Å². The quantitative estimate of drug-likeness (QED) is 0.181. The van der Waals surface area contributed by atoms with Gasteiger partial charge in [0.2, 0.25) is 0 Å². The van der Waals surface area contributed by atoms with Crippen LogP contribution in [0.15, 0.2) is 192 Å². The van der Waals surface area contributed by atoms with Crippen molar-refractivity contribution in [2.24, 2.45) is 0 Å². The van der Waals surface area contributed by atoms with Gasteiger partial charge < -0.3 is 8.98 Å². The first-order chi connectivity index (χ1) is 29.2. The van der Waals surface area contributed by atoms with Crippen molar-refractivity contribution in [3.63, 3.8) is 0 Å². The number of furan rings is 1. The van der Waals surface area contributed by atoms with Crippen LogP contribution in [0.25, 0.3) is 116 Å². The van der Waals surface area contributed by atoms with Gasteiger partial charge in [0.05, 0.1) is 28.1 Å². The minimum Gasteiger partial charge on any atom is -0.456 e. The molecule has 0 saturated heterocycles. The van der Waals surface area contributed by atoms with Crippen molar-refractivity contribution in [2.45, 2.75) is 6.42 Å². The Morgan fingerprint density at radius 2 is 1.17 bits per heavy atom. The lowest BCUT2D eigenvalue weighted by Crippen LogP contribution is -2.06. The van der Waals surface area contributed by atoms with Gasteiger partial charge in [-0.25, -0.2) is 9.97 Å². The van der Waals surface area contributed by atoms with Crippen molar-refractivity contribution in [1.29, 1.82) is 0 Å². The molecule has 4 heteroatoms. The van der Waals surface area contributed by atoms with Crippen LogP contribution in [0.2, 0.25) is 0 Å². The molecule has 0 amide bonds. The predicted molar refractivity (Wildman–Crippen MR) is 243 cm³/mol. The number of benzene rings is 9. The number of nitrogens with zero attached hydrogens (tertiary/aromatic N) is 3. The number of aromatic nitrogens is 3. The molecule has 0 saturated carbocycles. The van der Waals surface area contributed by atoms with Crippen molar-refractivity contribution in [3.05, 3.63) is 199 Å². The second-order valence-corrected chi connectivity index (χ2v) is 15.7. The zero-order valence-electron chi connectivity index (χ0n) is 31.9. The van der Waals surface area contributed by atoms with Gasteiger partial charge in [-0.1, -0.05) is 152 Å². The first-order valence-electron chi connectivity index (χ1n) is 20.2. The van der Waals surface area contributed by atoms with Crippen LogP contribution in [-0.4, -0.2) is 14.5 Å². The molecular weight excluding hydrogens is 719 g/mol. The van der Waals surface area contributed by atoms with Crippen molar-refractivity contribution < 1.29 is 4.42 Å². The number of hydrogen-bond acceptors (Lipinski definition) is 3. The average Bonchev–Trinajstić information content (AvgIpc) is 3.84. The monoisotopic (exact) mass is 751 g/mol. The van der Waals surface area contributed by atoms with Crippen LogP contribution in [0.3, 0.4) is 0 Å². The molecule has 0 aliphatic carbocycles. The molecule has 0 unspecified atom stereocenters. The van der Waals surface area contributed by atoms with E-state index in [0.29, 0.717) is 12.2 Å². The van der Waals surface area contributed by atoms with Crippen molar-refractivity contribution in [2.75, 3.05) is 0 Å². The molecule has 4 heterocycles. The number of fused-ring (bicyclic) bond motifs is 14. The SMILES string of the molecule is c1ccc(-c2ccc3c(c2)c2ccc4cc2n3-c2c(ccc3ccccc23)-c2nc(-c3cccc5oc6ccccc6c35)nc(-c3ccc5ccccc5c3)c2C4)cc1. The largest absolute Gasteiger partial charge is 0.456 e. The maximum Gasteiger partial charge on any atom is 0.161 e. The Morgan fingerprint density at radius 3 is 2.08 bits per heavy atom. The first kappa shape index (κ1) is 32.3. The number of para-hydroxylation sites is 1. The van der Waals surface area contributed by atoms with Gasteiger partial charge in [-0.3, -0.25) is 0 Å². The molecule has 274 valence electrons. The lowest BCUT2D eigenvalue weighted by Gasteiger charge is -2.20. The minimum absolute atomic E-state index is 0.662. The summed E-state index contributed by atoms with van der Waals surface area (Å²) in [5, 5.41) is 9.25. The summed E-state index contributed by atoms with van der Waals surface area (Å²) in [5.74, 6) is 0.671. The fourth-order valence-electron chi connectivity index (χ4n) is 9.65. The molecule has 0 atom stereocenters. The highest BCUT2D eigenvalue weighted by molar-refractivity contribution is 6.14. The minimum atomic E-state index is 0.662. The van der Waals surface area contributed by atoms with E-state index in [-0.39, 0.29) is 0 Å². The molecule has 12 aromatic rings. The lowest BCUT2D eigenvalue weighted by molar-refractivity contribution is 0.669. The van der Waals surface area contributed by atoms with Gasteiger partial charge in [-0.05, 0) is 69.2 Å². The van der Waals surface area contributed by atoms with Crippen LogP contribution in [0.1, 0.15) is 11.1 Å². The highest BCUT2D eigenvalue weighted by Gasteiger charge is 2.27.